The Hall–Kier alpha value is -5.57. The summed E-state index contributed by atoms with van der Waals surface area (Å²) in [5.41, 5.74) is 5.27. The number of aryl methyl sites for hydroxylation is 1. The fourth-order valence-electron chi connectivity index (χ4n) is 10.2. The van der Waals surface area contributed by atoms with Gasteiger partial charge in [-0.25, -0.2) is 4.98 Å². The number of hydrogen-bond acceptors (Lipinski definition) is 12. The van der Waals surface area contributed by atoms with Crippen molar-refractivity contribution in [2.45, 2.75) is 98.7 Å². The van der Waals surface area contributed by atoms with E-state index >= 15 is 0 Å². The second kappa shape index (κ2) is 21.2. The first-order valence-corrected chi connectivity index (χ1v) is 24.8. The van der Waals surface area contributed by atoms with Crippen LogP contribution in [-0.2, 0) is 25.7 Å². The van der Waals surface area contributed by atoms with Crippen LogP contribution in [0.5, 0.6) is 5.75 Å². The predicted octanol–water partition coefficient (Wildman–Crippen LogP) is 6.20. The largest absolute Gasteiger partial charge is 0.489 e. The number of thiazole rings is 1. The summed E-state index contributed by atoms with van der Waals surface area (Å²) < 4.78 is 12.2. The molecular weight excluding hydrogens is 916 g/mol. The third-order valence-corrected chi connectivity index (χ3v) is 15.1. The van der Waals surface area contributed by atoms with E-state index in [0.717, 1.165) is 53.6 Å². The van der Waals surface area contributed by atoms with Gasteiger partial charge in [-0.3, -0.25) is 24.1 Å². The van der Waals surface area contributed by atoms with Crippen LogP contribution in [0.15, 0.2) is 72.2 Å². The van der Waals surface area contributed by atoms with Gasteiger partial charge in [0.1, 0.15) is 36.6 Å². The molecule has 17 heteroatoms. The number of nitrogens with zero attached hydrogens (tertiary/aromatic N) is 5. The van der Waals surface area contributed by atoms with E-state index in [4.69, 9.17) is 21.1 Å². The second-order valence-corrected chi connectivity index (χ2v) is 21.9. The monoisotopic (exact) mass is 980 g/mol. The number of benzene rings is 3. The fraction of sp³-hybridized carbons (Fsp3) is 0.500. The van der Waals surface area contributed by atoms with Gasteiger partial charge < -0.3 is 40.3 Å². The van der Waals surface area contributed by atoms with Crippen LogP contribution in [-0.4, -0.2) is 126 Å². The van der Waals surface area contributed by atoms with Crippen LogP contribution in [0.1, 0.15) is 82.1 Å². The minimum Gasteiger partial charge on any atom is -0.489 e. The molecule has 3 heterocycles. The summed E-state index contributed by atoms with van der Waals surface area (Å²) in [5.74, 6) is -0.798. The number of aliphatic hydroxyl groups excluding tert-OH is 1. The van der Waals surface area contributed by atoms with Gasteiger partial charge in [0, 0.05) is 86.4 Å². The molecule has 4 aromatic rings. The van der Waals surface area contributed by atoms with Crippen molar-refractivity contribution < 1.29 is 33.8 Å². The lowest BCUT2D eigenvalue weighted by Gasteiger charge is -2.63. The molecule has 3 atom stereocenters. The Morgan fingerprint density at radius 1 is 0.986 bits per heavy atom. The molecular formula is C52H65ClN8O7S. The highest BCUT2D eigenvalue weighted by atomic mass is 35.5. The van der Waals surface area contributed by atoms with Gasteiger partial charge in [0.2, 0.25) is 17.7 Å². The zero-order chi connectivity index (χ0) is 49.8. The molecule has 0 unspecified atom stereocenters. The molecule has 1 aliphatic carbocycles. The maximum absolute atomic E-state index is 14.1. The molecule has 368 valence electrons. The number of amides is 4. The van der Waals surface area contributed by atoms with E-state index in [9.17, 15) is 29.5 Å². The number of likely N-dealkylation sites (tertiary alicyclic amines) is 1. The first-order valence-electron chi connectivity index (χ1n) is 23.5. The second-order valence-electron chi connectivity index (χ2n) is 20.7. The summed E-state index contributed by atoms with van der Waals surface area (Å²) in [5, 5.41) is 29.2. The lowest BCUT2D eigenvalue weighted by molar-refractivity contribution is -0.164. The Balaban J connectivity index is 0.823. The number of nitrogens with one attached hydrogen (secondary N) is 3. The lowest BCUT2D eigenvalue weighted by Crippen LogP contribution is -2.74. The number of carbonyl (C=O) groups excluding carboxylic acids is 4. The average Bonchev–Trinajstić information content (AvgIpc) is 3.94. The number of aliphatic hydroxyl groups is 1. The van der Waals surface area contributed by atoms with Crippen molar-refractivity contribution in [1.82, 2.24) is 30.7 Å². The van der Waals surface area contributed by atoms with Crippen LogP contribution in [0, 0.1) is 34.5 Å². The quantitative estimate of drug-likeness (QED) is 0.0936. The number of piperazine rings is 1. The van der Waals surface area contributed by atoms with Crippen LogP contribution >= 0.6 is 22.9 Å². The first-order chi connectivity index (χ1) is 32.7. The molecule has 1 saturated carbocycles. The highest BCUT2D eigenvalue weighted by Crippen LogP contribution is 2.55. The summed E-state index contributed by atoms with van der Waals surface area (Å²) in [6.07, 6.45) is -0.970. The standard InChI is InChI=1S/C52H65ClN8O7S/c1-32-43(69-31-56-32)34-11-9-33(10-12-34)28-55-46(65)41-25-38(62)29-61(41)47(66)44(50(2,3)4)57-42(63)30-67-24-23-59-19-21-60(22-20-59)37-16-13-35(14-17-37)45(64)58-48-51(5,6)49(52(48,7)8)68-39-18-15-36(27-54)40(53)26-39/h9-18,26,31,38,41,44,48-49,62H,19-25,28-30H2,1-8H3,(H,55,65)(H,57,63)(H,58,64)/t38-,41+,44-,48?,49?/m1/s1. The van der Waals surface area contributed by atoms with E-state index in [2.05, 4.69) is 64.5 Å². The fourth-order valence-corrected chi connectivity index (χ4v) is 11.2. The molecule has 4 amide bonds. The number of ether oxygens (including phenoxy) is 2. The Morgan fingerprint density at radius 3 is 2.28 bits per heavy atom. The van der Waals surface area contributed by atoms with Crippen molar-refractivity contribution in [1.29, 1.82) is 5.26 Å². The summed E-state index contributed by atoms with van der Waals surface area (Å²) in [6, 6.07) is 20.7. The Kier molecular flexibility index (Phi) is 15.8. The number of β-amino-alcohol motifs (C(OH)–C–C–N with tert-alkyl or cyclic N) is 1. The van der Waals surface area contributed by atoms with Crippen molar-refractivity contribution in [2.75, 3.05) is 57.4 Å². The van der Waals surface area contributed by atoms with E-state index < -0.39 is 35.4 Å². The molecule has 2 aliphatic heterocycles. The molecule has 1 aromatic heterocycles. The number of carbonyl (C=O) groups is 4. The van der Waals surface area contributed by atoms with E-state index in [0.29, 0.717) is 35.1 Å². The van der Waals surface area contributed by atoms with Gasteiger partial charge in [0.25, 0.3) is 5.91 Å². The van der Waals surface area contributed by atoms with Crippen LogP contribution in [0.4, 0.5) is 5.69 Å². The zero-order valence-corrected chi connectivity index (χ0v) is 42.4. The van der Waals surface area contributed by atoms with Crippen molar-refractivity contribution in [2.24, 2.45) is 16.2 Å². The van der Waals surface area contributed by atoms with Crippen molar-refractivity contribution >= 4 is 52.3 Å². The summed E-state index contributed by atoms with van der Waals surface area (Å²) in [7, 11) is 0. The van der Waals surface area contributed by atoms with E-state index in [1.165, 1.54) is 4.90 Å². The number of anilines is 1. The molecule has 7 rings (SSSR count). The minimum absolute atomic E-state index is 0.00949. The van der Waals surface area contributed by atoms with Crippen LogP contribution < -0.4 is 25.6 Å². The van der Waals surface area contributed by atoms with Crippen LogP contribution in [0.2, 0.25) is 5.02 Å². The third kappa shape index (κ3) is 11.7. The Morgan fingerprint density at radius 2 is 1.67 bits per heavy atom. The molecule has 0 spiro atoms. The summed E-state index contributed by atoms with van der Waals surface area (Å²) in [6.45, 7) is 19.9. The molecule has 3 fully saturated rings. The SMILES string of the molecule is Cc1ncsc1-c1ccc(CNC(=O)[C@@H]2C[C@@H](O)CN2C(=O)[C@@H](NC(=O)COCCN2CCN(c3ccc(C(=O)NC4C(C)(C)C(Oc5ccc(C#N)c(Cl)c5)C4(C)C)cc3)CC2)C(C)(C)C)cc1. The molecule has 3 aromatic carbocycles. The smallest absolute Gasteiger partial charge is 0.251 e. The van der Waals surface area contributed by atoms with Gasteiger partial charge in [0.05, 0.1) is 39.4 Å². The van der Waals surface area contributed by atoms with Crippen molar-refractivity contribution in [3.8, 4) is 22.3 Å². The summed E-state index contributed by atoms with van der Waals surface area (Å²) >= 11 is 7.83. The number of halogens is 1. The van der Waals surface area contributed by atoms with Crippen LogP contribution in [0.3, 0.4) is 0 Å². The third-order valence-electron chi connectivity index (χ3n) is 13.8. The van der Waals surface area contributed by atoms with Gasteiger partial charge in [-0.05, 0) is 59.9 Å². The first kappa shape index (κ1) is 51.3. The van der Waals surface area contributed by atoms with E-state index in [1.54, 1.807) is 29.5 Å². The molecule has 15 nitrogen and oxygen atoms in total. The Bertz CT molecular complexity index is 2510. The Labute approximate surface area is 414 Å². The zero-order valence-electron chi connectivity index (χ0n) is 40.8. The predicted molar refractivity (Wildman–Crippen MR) is 267 cm³/mol. The highest BCUT2D eigenvalue weighted by Gasteiger charge is 2.64. The van der Waals surface area contributed by atoms with E-state index in [1.807, 2.05) is 81.7 Å². The molecule has 2 saturated heterocycles. The number of hydrogen-bond donors (Lipinski definition) is 4. The molecule has 0 radical (unpaired) electrons. The number of nitriles is 1. The maximum Gasteiger partial charge on any atom is 0.251 e. The van der Waals surface area contributed by atoms with Gasteiger partial charge in [0.15, 0.2) is 0 Å². The maximum atomic E-state index is 14.1. The van der Waals surface area contributed by atoms with Gasteiger partial charge in [-0.15, -0.1) is 11.3 Å². The molecule has 4 N–H and O–H groups in total. The lowest BCUT2D eigenvalue weighted by atomic mass is 9.49. The van der Waals surface area contributed by atoms with Crippen molar-refractivity contribution in [3.63, 3.8) is 0 Å². The number of aromatic nitrogens is 1. The molecule has 69 heavy (non-hydrogen) atoms. The minimum atomic E-state index is -0.953. The van der Waals surface area contributed by atoms with E-state index in [-0.39, 0.29) is 60.9 Å². The molecule has 3 aliphatic rings. The number of rotatable bonds is 16. The van der Waals surface area contributed by atoms with Gasteiger partial charge in [-0.2, -0.15) is 5.26 Å². The summed E-state index contributed by atoms with van der Waals surface area (Å²) in [4.78, 5) is 65.6. The molecule has 0 bridgehead atoms. The topological polar surface area (TPSA) is 189 Å². The highest BCUT2D eigenvalue weighted by molar-refractivity contribution is 7.13. The average molecular weight is 982 g/mol. The van der Waals surface area contributed by atoms with Crippen LogP contribution in [0.25, 0.3) is 10.4 Å². The van der Waals surface area contributed by atoms with Gasteiger partial charge >= 0.3 is 0 Å². The van der Waals surface area contributed by atoms with Gasteiger partial charge in [-0.1, -0.05) is 84.3 Å². The normalized spacial score (nSPS) is 21.4. The van der Waals surface area contributed by atoms with Crippen molar-refractivity contribution in [3.05, 3.63) is 99.6 Å².